The lowest BCUT2D eigenvalue weighted by atomic mass is 9.49. The van der Waals surface area contributed by atoms with Crippen molar-refractivity contribution in [3.8, 4) is 0 Å². The molecule has 0 saturated heterocycles. The van der Waals surface area contributed by atoms with E-state index in [1.807, 2.05) is 0 Å². The van der Waals surface area contributed by atoms with Crippen molar-refractivity contribution < 1.29 is 9.72 Å². The van der Waals surface area contributed by atoms with Gasteiger partial charge in [0, 0.05) is 25.6 Å². The van der Waals surface area contributed by atoms with E-state index in [1.165, 1.54) is 44.6 Å². The molecule has 0 unspecified atom stereocenters. The lowest BCUT2D eigenvalue weighted by Gasteiger charge is -2.56. The number of carbonyl (C=O) groups is 1. The first kappa shape index (κ1) is 17.3. The number of benzene rings is 1. The van der Waals surface area contributed by atoms with Crippen molar-refractivity contribution in [2.45, 2.75) is 44.9 Å². The SMILES string of the molecule is O=C(CCNc1ccccc1[N+](=O)[O-])NCC12CC3CC(CC(C3)C1)C2. The van der Waals surface area contributed by atoms with Crippen LogP contribution in [0.3, 0.4) is 0 Å². The smallest absolute Gasteiger partial charge is 0.292 e. The van der Waals surface area contributed by atoms with Gasteiger partial charge >= 0.3 is 0 Å². The Bertz CT molecular complexity index is 668. The van der Waals surface area contributed by atoms with Crippen LogP contribution in [0.5, 0.6) is 0 Å². The highest BCUT2D eigenvalue weighted by atomic mass is 16.6. The number of carbonyl (C=O) groups excluding carboxylic acids is 1. The zero-order valence-electron chi connectivity index (χ0n) is 15.1. The standard InChI is InChI=1S/C20H27N3O3/c24-19(5-6-21-17-3-1-2-4-18(17)23(25)26)22-13-20-10-14-7-15(11-20)9-16(8-14)12-20/h1-4,14-16,21H,5-13H2,(H,22,24). The van der Waals surface area contributed by atoms with Crippen molar-refractivity contribution >= 4 is 17.3 Å². The van der Waals surface area contributed by atoms with Crippen LogP contribution >= 0.6 is 0 Å². The number of hydrogen-bond acceptors (Lipinski definition) is 4. The molecular formula is C20H27N3O3. The third kappa shape index (κ3) is 3.55. The summed E-state index contributed by atoms with van der Waals surface area (Å²) in [6.45, 7) is 1.21. The predicted octanol–water partition coefficient (Wildman–Crippen LogP) is 3.73. The van der Waals surface area contributed by atoms with E-state index in [1.54, 1.807) is 18.2 Å². The molecule has 0 heterocycles. The van der Waals surface area contributed by atoms with Crippen molar-refractivity contribution in [3.63, 3.8) is 0 Å². The summed E-state index contributed by atoms with van der Waals surface area (Å²) >= 11 is 0. The molecule has 0 aliphatic heterocycles. The normalized spacial score (nSPS) is 31.6. The first-order valence-corrected chi connectivity index (χ1v) is 9.77. The maximum absolute atomic E-state index is 12.3. The number of nitrogens with zero attached hydrogens (tertiary/aromatic N) is 1. The van der Waals surface area contributed by atoms with Gasteiger partial charge in [-0.1, -0.05) is 12.1 Å². The van der Waals surface area contributed by atoms with Crippen molar-refractivity contribution in [2.75, 3.05) is 18.4 Å². The molecule has 1 aromatic carbocycles. The molecule has 4 saturated carbocycles. The Labute approximate surface area is 153 Å². The summed E-state index contributed by atoms with van der Waals surface area (Å²) in [5, 5.41) is 17.2. The fraction of sp³-hybridized carbons (Fsp3) is 0.650. The van der Waals surface area contributed by atoms with E-state index in [0.717, 1.165) is 24.3 Å². The summed E-state index contributed by atoms with van der Waals surface area (Å²) < 4.78 is 0. The van der Waals surface area contributed by atoms with E-state index in [2.05, 4.69) is 10.6 Å². The third-order valence-corrected chi connectivity index (χ3v) is 6.59. The van der Waals surface area contributed by atoms with Crippen molar-refractivity contribution in [3.05, 3.63) is 34.4 Å². The van der Waals surface area contributed by atoms with Crippen LogP contribution in [0.1, 0.15) is 44.9 Å². The van der Waals surface area contributed by atoms with Crippen LogP contribution in [0.15, 0.2) is 24.3 Å². The molecule has 140 valence electrons. The molecule has 0 atom stereocenters. The minimum atomic E-state index is -0.407. The van der Waals surface area contributed by atoms with Crippen LogP contribution in [-0.2, 0) is 4.79 Å². The predicted molar refractivity (Wildman–Crippen MR) is 99.8 cm³/mol. The molecule has 0 radical (unpaired) electrons. The molecule has 4 fully saturated rings. The zero-order valence-corrected chi connectivity index (χ0v) is 15.1. The lowest BCUT2D eigenvalue weighted by Crippen LogP contribution is -2.51. The highest BCUT2D eigenvalue weighted by Crippen LogP contribution is 2.59. The second-order valence-electron chi connectivity index (χ2n) is 8.65. The first-order chi connectivity index (χ1) is 12.5. The second-order valence-corrected chi connectivity index (χ2v) is 8.65. The second kappa shape index (κ2) is 6.89. The average Bonchev–Trinajstić information content (AvgIpc) is 2.59. The molecule has 4 aliphatic rings. The Morgan fingerprint density at radius 2 is 1.73 bits per heavy atom. The van der Waals surface area contributed by atoms with Gasteiger partial charge in [0.25, 0.3) is 5.69 Å². The monoisotopic (exact) mass is 357 g/mol. The number of nitrogens with one attached hydrogen (secondary N) is 2. The van der Waals surface area contributed by atoms with Gasteiger partial charge in [-0.15, -0.1) is 0 Å². The van der Waals surface area contributed by atoms with E-state index in [0.29, 0.717) is 24.1 Å². The molecule has 4 bridgehead atoms. The Kier molecular flexibility index (Phi) is 4.59. The maximum Gasteiger partial charge on any atom is 0.292 e. The minimum absolute atomic E-state index is 0.0341. The summed E-state index contributed by atoms with van der Waals surface area (Å²) in [5.41, 5.74) is 0.851. The summed E-state index contributed by atoms with van der Waals surface area (Å²) in [7, 11) is 0. The number of para-hydroxylation sites is 2. The van der Waals surface area contributed by atoms with Gasteiger partial charge in [-0.25, -0.2) is 0 Å². The Hall–Kier alpha value is -2.11. The third-order valence-electron chi connectivity index (χ3n) is 6.59. The summed E-state index contributed by atoms with van der Waals surface area (Å²) in [4.78, 5) is 22.9. The van der Waals surface area contributed by atoms with Gasteiger partial charge in [-0.3, -0.25) is 14.9 Å². The molecule has 0 aromatic heterocycles. The maximum atomic E-state index is 12.3. The molecular weight excluding hydrogens is 330 g/mol. The number of rotatable bonds is 7. The number of hydrogen-bond donors (Lipinski definition) is 2. The number of anilines is 1. The fourth-order valence-corrected chi connectivity index (χ4v) is 5.97. The summed E-state index contributed by atoms with van der Waals surface area (Å²) in [5.74, 6) is 2.70. The van der Waals surface area contributed by atoms with Crippen molar-refractivity contribution in [1.82, 2.24) is 5.32 Å². The number of amides is 1. The highest BCUT2D eigenvalue weighted by molar-refractivity contribution is 5.76. The minimum Gasteiger partial charge on any atom is -0.379 e. The quantitative estimate of drug-likeness (QED) is 0.575. The molecule has 1 amide bonds. The van der Waals surface area contributed by atoms with E-state index in [-0.39, 0.29) is 11.6 Å². The highest BCUT2D eigenvalue weighted by Gasteiger charge is 2.50. The zero-order chi connectivity index (χ0) is 18.1. The summed E-state index contributed by atoms with van der Waals surface area (Å²) in [6, 6.07) is 6.53. The van der Waals surface area contributed by atoms with Crippen LogP contribution in [0, 0.1) is 33.3 Å². The van der Waals surface area contributed by atoms with E-state index < -0.39 is 4.92 Å². The van der Waals surface area contributed by atoms with E-state index >= 15 is 0 Å². The van der Waals surface area contributed by atoms with Crippen LogP contribution in [-0.4, -0.2) is 23.9 Å². The van der Waals surface area contributed by atoms with Crippen molar-refractivity contribution in [1.29, 1.82) is 0 Å². The molecule has 6 nitrogen and oxygen atoms in total. The topological polar surface area (TPSA) is 84.3 Å². The van der Waals surface area contributed by atoms with E-state index in [4.69, 9.17) is 0 Å². The van der Waals surface area contributed by atoms with Gasteiger partial charge in [0.15, 0.2) is 0 Å². The molecule has 4 aliphatic carbocycles. The van der Waals surface area contributed by atoms with Crippen LogP contribution in [0.4, 0.5) is 11.4 Å². The Morgan fingerprint density at radius 3 is 2.35 bits per heavy atom. The van der Waals surface area contributed by atoms with Crippen molar-refractivity contribution in [2.24, 2.45) is 23.2 Å². The van der Waals surface area contributed by atoms with Crippen LogP contribution in [0.25, 0.3) is 0 Å². The van der Waals surface area contributed by atoms with Gasteiger partial charge in [-0.05, 0) is 67.8 Å². The van der Waals surface area contributed by atoms with Crippen LogP contribution in [0.2, 0.25) is 0 Å². The average molecular weight is 357 g/mol. The summed E-state index contributed by atoms with van der Waals surface area (Å²) in [6.07, 6.45) is 8.42. The molecule has 0 spiro atoms. The molecule has 26 heavy (non-hydrogen) atoms. The number of nitro groups is 1. The first-order valence-electron chi connectivity index (χ1n) is 9.77. The largest absolute Gasteiger partial charge is 0.379 e. The van der Waals surface area contributed by atoms with Gasteiger partial charge in [0.1, 0.15) is 5.69 Å². The Morgan fingerprint density at radius 1 is 1.12 bits per heavy atom. The number of nitro benzene ring substituents is 1. The van der Waals surface area contributed by atoms with E-state index in [9.17, 15) is 14.9 Å². The molecule has 6 heteroatoms. The van der Waals surface area contributed by atoms with Gasteiger partial charge in [-0.2, -0.15) is 0 Å². The van der Waals surface area contributed by atoms with Gasteiger partial charge in [0.2, 0.25) is 5.91 Å². The molecule has 1 aromatic rings. The van der Waals surface area contributed by atoms with Gasteiger partial charge in [0.05, 0.1) is 4.92 Å². The fourth-order valence-electron chi connectivity index (χ4n) is 5.97. The molecule has 5 rings (SSSR count). The lowest BCUT2D eigenvalue weighted by molar-refractivity contribution is -0.384. The van der Waals surface area contributed by atoms with Crippen LogP contribution < -0.4 is 10.6 Å². The molecule has 2 N–H and O–H groups in total. The van der Waals surface area contributed by atoms with Gasteiger partial charge < -0.3 is 10.6 Å². The Balaban J connectivity index is 1.25.